The Hall–Kier alpha value is -0.900. The Kier molecular flexibility index (Phi) is 6.66. The van der Waals surface area contributed by atoms with Crippen molar-refractivity contribution >= 4 is 27.5 Å². The Morgan fingerprint density at radius 3 is 2.45 bits per heavy atom. The molecule has 1 unspecified atom stereocenters. The van der Waals surface area contributed by atoms with Crippen molar-refractivity contribution in [1.82, 2.24) is 4.72 Å². The predicted octanol–water partition coefficient (Wildman–Crippen LogP) is 0.906. The van der Waals surface area contributed by atoms with Crippen LogP contribution in [0.25, 0.3) is 0 Å². The van der Waals surface area contributed by atoms with Crippen molar-refractivity contribution in [1.29, 1.82) is 0 Å². The second-order valence-corrected chi connectivity index (χ2v) is 7.08. The van der Waals surface area contributed by atoms with E-state index in [0.29, 0.717) is 5.69 Å². The first-order chi connectivity index (χ1) is 9.30. The number of nitrogens with two attached hydrogens (primary N) is 1. The molecule has 20 heavy (non-hydrogen) atoms. The third-order valence-electron chi connectivity index (χ3n) is 2.30. The van der Waals surface area contributed by atoms with E-state index in [1.54, 1.807) is 24.3 Å². The average Bonchev–Trinajstić information content (AvgIpc) is 2.38. The van der Waals surface area contributed by atoms with E-state index in [4.69, 9.17) is 10.8 Å². The van der Waals surface area contributed by atoms with Gasteiger partial charge in [0, 0.05) is 22.9 Å². The molecule has 0 spiro atoms. The minimum Gasteiger partial charge on any atom is -0.399 e. The lowest BCUT2D eigenvalue weighted by atomic mass is 10.3. The summed E-state index contributed by atoms with van der Waals surface area (Å²) in [6, 6.07) is 6.93. The van der Waals surface area contributed by atoms with Gasteiger partial charge < -0.3 is 10.8 Å². The van der Waals surface area contributed by atoms with Crippen LogP contribution in [0.4, 0.5) is 14.5 Å². The minimum absolute atomic E-state index is 0.224. The van der Waals surface area contributed by atoms with Crippen molar-refractivity contribution in [3.05, 3.63) is 24.3 Å². The van der Waals surface area contributed by atoms with Crippen molar-refractivity contribution in [3.63, 3.8) is 0 Å². The van der Waals surface area contributed by atoms with Crippen LogP contribution in [-0.4, -0.2) is 44.1 Å². The van der Waals surface area contributed by atoms with Gasteiger partial charge in [0.1, 0.15) is 6.10 Å². The number of nitrogens with one attached hydrogen (secondary N) is 1. The lowest BCUT2D eigenvalue weighted by molar-refractivity contribution is -0.000445. The highest BCUT2D eigenvalue weighted by Crippen LogP contribution is 2.19. The normalized spacial score (nSPS) is 13.6. The zero-order chi connectivity index (χ0) is 15.2. The van der Waals surface area contributed by atoms with Crippen LogP contribution >= 0.6 is 11.8 Å². The van der Waals surface area contributed by atoms with Crippen molar-refractivity contribution < 1.29 is 22.3 Å². The highest BCUT2D eigenvalue weighted by Gasteiger charge is 2.19. The summed E-state index contributed by atoms with van der Waals surface area (Å²) in [7, 11) is -3.68. The summed E-state index contributed by atoms with van der Waals surface area (Å²) < 4.78 is 49.0. The molecule has 0 radical (unpaired) electrons. The molecule has 0 aliphatic carbocycles. The zero-order valence-corrected chi connectivity index (χ0v) is 12.1. The smallest absolute Gasteiger partial charge is 0.265 e. The summed E-state index contributed by atoms with van der Waals surface area (Å²) in [5.74, 6) is 0.0437. The fourth-order valence-corrected chi connectivity index (χ4v) is 3.55. The molecule has 0 saturated carbocycles. The Balaban J connectivity index is 2.34. The van der Waals surface area contributed by atoms with Gasteiger partial charge in [0.2, 0.25) is 10.0 Å². The second-order valence-electron chi connectivity index (χ2n) is 3.99. The average molecular weight is 326 g/mol. The van der Waals surface area contributed by atoms with E-state index in [1.807, 2.05) is 4.72 Å². The number of benzene rings is 1. The molecule has 0 amide bonds. The van der Waals surface area contributed by atoms with Gasteiger partial charge in [-0.3, -0.25) is 0 Å². The molecule has 4 N–H and O–H groups in total. The molecule has 0 bridgehead atoms. The fourth-order valence-electron chi connectivity index (χ4n) is 1.21. The van der Waals surface area contributed by atoms with Crippen LogP contribution in [0.3, 0.4) is 0 Å². The van der Waals surface area contributed by atoms with Crippen molar-refractivity contribution in [3.8, 4) is 0 Å². The molecular formula is C11H16F2N2O3S2. The molecule has 5 nitrogen and oxygen atoms in total. The first-order valence-corrected chi connectivity index (χ1v) is 8.36. The molecule has 1 aromatic rings. The summed E-state index contributed by atoms with van der Waals surface area (Å²) in [5, 5.41) is 8.83. The van der Waals surface area contributed by atoms with Gasteiger partial charge in [-0.15, -0.1) is 11.8 Å². The molecule has 1 aromatic carbocycles. The van der Waals surface area contributed by atoms with Crippen LogP contribution in [0, 0.1) is 0 Å². The summed E-state index contributed by atoms with van der Waals surface area (Å²) in [5.41, 5.74) is 6.13. The standard InChI is InChI=1S/C11H16F2N2O3S2/c12-11(13)10(16)7-15-20(17,18)6-5-19-9-3-1-8(14)2-4-9/h1-4,10-11,15-16H,5-7,14H2. The largest absolute Gasteiger partial charge is 0.399 e. The van der Waals surface area contributed by atoms with Crippen molar-refractivity contribution in [2.45, 2.75) is 17.4 Å². The molecule has 9 heteroatoms. The SMILES string of the molecule is Nc1ccc(SCCS(=O)(=O)NCC(O)C(F)F)cc1. The number of halogens is 2. The molecule has 114 valence electrons. The van der Waals surface area contributed by atoms with E-state index >= 15 is 0 Å². The molecule has 0 saturated heterocycles. The van der Waals surface area contributed by atoms with Crippen molar-refractivity contribution in [2.24, 2.45) is 0 Å². The summed E-state index contributed by atoms with van der Waals surface area (Å²) in [6.07, 6.45) is -4.96. The van der Waals surface area contributed by atoms with Crippen LogP contribution < -0.4 is 10.5 Å². The van der Waals surface area contributed by atoms with E-state index in [0.717, 1.165) is 4.90 Å². The predicted molar refractivity (Wildman–Crippen MR) is 75.4 cm³/mol. The summed E-state index contributed by atoms with van der Waals surface area (Å²) in [4.78, 5) is 0.863. The third kappa shape index (κ3) is 6.51. The number of aliphatic hydroxyl groups is 1. The number of alkyl halides is 2. The van der Waals surface area contributed by atoms with Gasteiger partial charge in [0.25, 0.3) is 6.43 Å². The first kappa shape index (κ1) is 17.2. The Morgan fingerprint density at radius 2 is 1.90 bits per heavy atom. The lowest BCUT2D eigenvalue weighted by Crippen LogP contribution is -2.37. The van der Waals surface area contributed by atoms with Crippen LogP contribution in [0.15, 0.2) is 29.2 Å². The van der Waals surface area contributed by atoms with Crippen molar-refractivity contribution in [2.75, 3.05) is 23.8 Å². The van der Waals surface area contributed by atoms with E-state index in [-0.39, 0.29) is 11.5 Å². The highest BCUT2D eigenvalue weighted by atomic mass is 32.2. The first-order valence-electron chi connectivity index (χ1n) is 5.72. The maximum Gasteiger partial charge on any atom is 0.265 e. The van der Waals surface area contributed by atoms with E-state index in [2.05, 4.69) is 0 Å². The quantitative estimate of drug-likeness (QED) is 0.488. The number of hydrogen-bond acceptors (Lipinski definition) is 5. The van der Waals surface area contributed by atoms with Gasteiger partial charge in [-0.2, -0.15) is 0 Å². The van der Waals surface area contributed by atoms with Gasteiger partial charge in [-0.05, 0) is 24.3 Å². The van der Waals surface area contributed by atoms with E-state index in [9.17, 15) is 17.2 Å². The number of rotatable bonds is 8. The minimum atomic E-state index is -3.68. The molecule has 0 heterocycles. The molecular weight excluding hydrogens is 310 g/mol. The van der Waals surface area contributed by atoms with Crippen LogP contribution in [0.5, 0.6) is 0 Å². The Morgan fingerprint density at radius 1 is 1.30 bits per heavy atom. The Labute approximate surface area is 120 Å². The van der Waals surface area contributed by atoms with Crippen LogP contribution in [-0.2, 0) is 10.0 Å². The van der Waals surface area contributed by atoms with Gasteiger partial charge in [-0.25, -0.2) is 21.9 Å². The number of aliphatic hydroxyl groups excluding tert-OH is 1. The van der Waals surface area contributed by atoms with Crippen LogP contribution in [0.1, 0.15) is 0 Å². The van der Waals surface area contributed by atoms with Crippen LogP contribution in [0.2, 0.25) is 0 Å². The summed E-state index contributed by atoms with van der Waals surface area (Å²) in [6.45, 7) is -0.688. The topological polar surface area (TPSA) is 92.4 Å². The monoisotopic (exact) mass is 326 g/mol. The van der Waals surface area contributed by atoms with Gasteiger partial charge in [0.05, 0.1) is 5.75 Å². The third-order valence-corrected chi connectivity index (χ3v) is 4.92. The number of nitrogen functional groups attached to an aromatic ring is 1. The van der Waals surface area contributed by atoms with E-state index in [1.165, 1.54) is 11.8 Å². The lowest BCUT2D eigenvalue weighted by Gasteiger charge is -2.11. The summed E-state index contributed by atoms with van der Waals surface area (Å²) >= 11 is 1.31. The number of hydrogen-bond donors (Lipinski definition) is 3. The molecule has 0 aromatic heterocycles. The number of anilines is 1. The second kappa shape index (κ2) is 7.77. The fraction of sp³-hybridized carbons (Fsp3) is 0.455. The molecule has 0 aliphatic rings. The van der Waals surface area contributed by atoms with E-state index < -0.39 is 29.1 Å². The molecule has 0 aliphatic heterocycles. The maximum absolute atomic E-state index is 12.0. The maximum atomic E-state index is 12.0. The van der Waals surface area contributed by atoms with Gasteiger partial charge >= 0.3 is 0 Å². The molecule has 1 rings (SSSR count). The number of sulfonamides is 1. The number of thioether (sulfide) groups is 1. The zero-order valence-electron chi connectivity index (χ0n) is 10.5. The van der Waals surface area contributed by atoms with Gasteiger partial charge in [-0.1, -0.05) is 0 Å². The molecule has 0 fully saturated rings. The highest BCUT2D eigenvalue weighted by molar-refractivity contribution is 8.00. The molecule has 1 atom stereocenters. The Bertz CT molecular complexity index is 509. The van der Waals surface area contributed by atoms with Gasteiger partial charge in [0.15, 0.2) is 0 Å².